The van der Waals surface area contributed by atoms with Crippen molar-refractivity contribution in [2.24, 2.45) is 0 Å². The number of hydrogen-bond acceptors (Lipinski definition) is 5. The second-order valence-corrected chi connectivity index (χ2v) is 4.28. The van der Waals surface area contributed by atoms with E-state index in [2.05, 4.69) is 15.3 Å². The van der Waals surface area contributed by atoms with Gasteiger partial charge in [0.05, 0.1) is 6.61 Å². The van der Waals surface area contributed by atoms with Gasteiger partial charge in [-0.2, -0.15) is 0 Å². The van der Waals surface area contributed by atoms with Crippen LogP contribution < -0.4 is 5.32 Å². The third-order valence-corrected chi connectivity index (χ3v) is 2.94. The molecule has 0 saturated heterocycles. The Balaban J connectivity index is 2.75. The molecule has 0 aromatic carbocycles. The van der Waals surface area contributed by atoms with Gasteiger partial charge >= 0.3 is 0 Å². The van der Waals surface area contributed by atoms with E-state index < -0.39 is 0 Å². The van der Waals surface area contributed by atoms with Crippen molar-refractivity contribution in [1.82, 2.24) is 15.3 Å². The molecule has 102 valence electrons. The number of aromatic nitrogens is 2. The van der Waals surface area contributed by atoms with E-state index in [1.165, 1.54) is 0 Å². The minimum Gasteiger partial charge on any atom is -0.383 e. The topological polar surface area (TPSA) is 56.3 Å². The van der Waals surface area contributed by atoms with Gasteiger partial charge in [-0.25, -0.2) is 9.97 Å². The van der Waals surface area contributed by atoms with Gasteiger partial charge in [0.15, 0.2) is 5.82 Å². The molecule has 1 rings (SSSR count). The van der Waals surface area contributed by atoms with Crippen LogP contribution in [-0.2, 0) is 16.0 Å². The summed E-state index contributed by atoms with van der Waals surface area (Å²) in [6, 6.07) is 0. The molecule has 5 heteroatoms. The minimum absolute atomic E-state index is 0.0714. The van der Waals surface area contributed by atoms with Gasteiger partial charge in [-0.1, -0.05) is 0 Å². The van der Waals surface area contributed by atoms with Crippen LogP contribution in [0.5, 0.6) is 0 Å². The number of nitrogens with zero attached hydrogens (tertiary/aromatic N) is 2. The molecule has 0 aliphatic heterocycles. The Labute approximate surface area is 109 Å². The average Bonchev–Trinajstić information content (AvgIpc) is 2.35. The van der Waals surface area contributed by atoms with Crippen LogP contribution in [0.25, 0.3) is 0 Å². The van der Waals surface area contributed by atoms with Gasteiger partial charge in [-0.3, -0.25) is 0 Å². The third-order valence-electron chi connectivity index (χ3n) is 2.94. The maximum Gasteiger partial charge on any atom is 0.157 e. The SMILES string of the molecule is COCCNCc1c(C)nc(C(C)OC)nc1C. The van der Waals surface area contributed by atoms with Crippen LogP contribution in [0.1, 0.15) is 35.8 Å². The number of nitrogens with one attached hydrogen (secondary N) is 1. The highest BCUT2D eigenvalue weighted by molar-refractivity contribution is 5.24. The summed E-state index contributed by atoms with van der Waals surface area (Å²) in [5, 5.41) is 3.31. The summed E-state index contributed by atoms with van der Waals surface area (Å²) >= 11 is 0. The van der Waals surface area contributed by atoms with Crippen molar-refractivity contribution in [1.29, 1.82) is 0 Å². The maximum absolute atomic E-state index is 5.24. The van der Waals surface area contributed by atoms with Crippen LogP contribution in [0.2, 0.25) is 0 Å². The van der Waals surface area contributed by atoms with Crippen LogP contribution in [0.3, 0.4) is 0 Å². The van der Waals surface area contributed by atoms with Gasteiger partial charge in [-0.15, -0.1) is 0 Å². The second kappa shape index (κ2) is 7.41. The lowest BCUT2D eigenvalue weighted by Crippen LogP contribution is -2.21. The Bertz CT molecular complexity index is 359. The Morgan fingerprint density at radius 2 is 1.78 bits per heavy atom. The van der Waals surface area contributed by atoms with E-state index in [4.69, 9.17) is 9.47 Å². The molecule has 18 heavy (non-hydrogen) atoms. The molecule has 0 amide bonds. The van der Waals surface area contributed by atoms with Gasteiger partial charge < -0.3 is 14.8 Å². The molecule has 0 aliphatic rings. The number of hydrogen-bond donors (Lipinski definition) is 1. The van der Waals surface area contributed by atoms with E-state index in [0.29, 0.717) is 6.61 Å². The van der Waals surface area contributed by atoms with E-state index in [1.807, 2.05) is 20.8 Å². The Hall–Kier alpha value is -1.04. The molecule has 5 nitrogen and oxygen atoms in total. The van der Waals surface area contributed by atoms with Gasteiger partial charge in [-0.05, 0) is 20.8 Å². The lowest BCUT2D eigenvalue weighted by Gasteiger charge is -2.14. The first kappa shape index (κ1) is 15.0. The molecule has 1 N–H and O–H groups in total. The van der Waals surface area contributed by atoms with Crippen molar-refractivity contribution in [3.05, 3.63) is 22.8 Å². The van der Waals surface area contributed by atoms with Gasteiger partial charge in [0.2, 0.25) is 0 Å². The highest BCUT2D eigenvalue weighted by Gasteiger charge is 2.12. The Morgan fingerprint density at radius 1 is 1.17 bits per heavy atom. The van der Waals surface area contributed by atoms with Gasteiger partial charge in [0.1, 0.15) is 6.10 Å². The summed E-state index contributed by atoms with van der Waals surface area (Å²) in [6.45, 7) is 8.26. The molecule has 0 aliphatic carbocycles. The first-order valence-corrected chi connectivity index (χ1v) is 6.16. The lowest BCUT2D eigenvalue weighted by atomic mass is 10.1. The van der Waals surface area contributed by atoms with E-state index in [9.17, 15) is 0 Å². The maximum atomic E-state index is 5.24. The normalized spacial score (nSPS) is 12.7. The van der Waals surface area contributed by atoms with Crippen LogP contribution in [0.15, 0.2) is 0 Å². The zero-order chi connectivity index (χ0) is 13.5. The zero-order valence-corrected chi connectivity index (χ0v) is 11.9. The molecule has 1 aromatic rings. The van der Waals surface area contributed by atoms with Crippen molar-refractivity contribution >= 4 is 0 Å². The summed E-state index contributed by atoms with van der Waals surface area (Å²) in [5.74, 6) is 0.744. The van der Waals surface area contributed by atoms with E-state index >= 15 is 0 Å². The third kappa shape index (κ3) is 4.01. The second-order valence-electron chi connectivity index (χ2n) is 4.28. The lowest BCUT2D eigenvalue weighted by molar-refractivity contribution is 0.111. The summed E-state index contributed by atoms with van der Waals surface area (Å²) in [6.07, 6.45) is -0.0714. The fraction of sp³-hybridized carbons (Fsp3) is 0.692. The van der Waals surface area contributed by atoms with Gasteiger partial charge in [0.25, 0.3) is 0 Å². The molecule has 0 spiro atoms. The van der Waals surface area contributed by atoms with Crippen molar-refractivity contribution in [3.8, 4) is 0 Å². The van der Waals surface area contributed by atoms with Gasteiger partial charge in [0, 0.05) is 44.3 Å². The molecule has 1 unspecified atom stereocenters. The predicted molar refractivity (Wildman–Crippen MR) is 70.5 cm³/mol. The average molecular weight is 253 g/mol. The summed E-state index contributed by atoms with van der Waals surface area (Å²) in [5.41, 5.74) is 3.16. The highest BCUT2D eigenvalue weighted by Crippen LogP contribution is 2.16. The van der Waals surface area contributed by atoms with Crippen LogP contribution >= 0.6 is 0 Å². The summed E-state index contributed by atoms with van der Waals surface area (Å²) < 4.78 is 10.2. The fourth-order valence-electron chi connectivity index (χ4n) is 1.70. The highest BCUT2D eigenvalue weighted by atomic mass is 16.5. The molecule has 1 aromatic heterocycles. The van der Waals surface area contributed by atoms with E-state index in [1.54, 1.807) is 14.2 Å². The molecule has 0 bridgehead atoms. The molecule has 0 saturated carbocycles. The van der Waals surface area contributed by atoms with E-state index in [0.717, 1.165) is 35.9 Å². The molecule has 0 radical (unpaired) electrons. The summed E-state index contributed by atoms with van der Waals surface area (Å²) in [7, 11) is 3.36. The molecule has 0 fully saturated rings. The van der Waals surface area contributed by atoms with Crippen molar-refractivity contribution < 1.29 is 9.47 Å². The molecule has 1 atom stereocenters. The standard InChI is InChI=1S/C13H23N3O2/c1-9-12(8-14-6-7-17-4)10(2)16-13(15-9)11(3)18-5/h11,14H,6-8H2,1-5H3. The fourth-order valence-corrected chi connectivity index (χ4v) is 1.70. The first-order valence-electron chi connectivity index (χ1n) is 6.16. The Morgan fingerprint density at radius 3 is 2.28 bits per heavy atom. The van der Waals surface area contributed by atoms with Crippen LogP contribution in [0.4, 0.5) is 0 Å². The summed E-state index contributed by atoms with van der Waals surface area (Å²) in [4.78, 5) is 8.99. The molecular formula is C13H23N3O2. The predicted octanol–water partition coefficient (Wildman–Crippen LogP) is 1.54. The number of aryl methyl sites for hydroxylation is 2. The first-order chi connectivity index (χ1) is 8.60. The quantitative estimate of drug-likeness (QED) is 0.747. The zero-order valence-electron chi connectivity index (χ0n) is 11.9. The largest absolute Gasteiger partial charge is 0.383 e. The Kier molecular flexibility index (Phi) is 6.18. The van der Waals surface area contributed by atoms with E-state index in [-0.39, 0.29) is 6.10 Å². The monoisotopic (exact) mass is 253 g/mol. The van der Waals surface area contributed by atoms with Crippen molar-refractivity contribution in [2.45, 2.75) is 33.4 Å². The number of rotatable bonds is 7. The molecular weight excluding hydrogens is 230 g/mol. The number of methoxy groups -OCH3 is 2. The van der Waals surface area contributed by atoms with Crippen LogP contribution in [0, 0.1) is 13.8 Å². The number of ether oxygens (including phenoxy) is 2. The van der Waals surface area contributed by atoms with Crippen molar-refractivity contribution in [3.63, 3.8) is 0 Å². The van der Waals surface area contributed by atoms with Crippen molar-refractivity contribution in [2.75, 3.05) is 27.4 Å². The van der Waals surface area contributed by atoms with Crippen LogP contribution in [-0.4, -0.2) is 37.3 Å². The smallest absolute Gasteiger partial charge is 0.157 e. The minimum atomic E-state index is -0.0714. The molecule has 1 heterocycles.